The van der Waals surface area contributed by atoms with Crippen LogP contribution in [-0.4, -0.2) is 15.8 Å². The molecule has 6 nitrogen and oxygen atoms in total. The Morgan fingerprint density at radius 2 is 1.93 bits per heavy atom. The molecule has 0 aliphatic carbocycles. The summed E-state index contributed by atoms with van der Waals surface area (Å²) in [7, 11) is 0. The van der Waals surface area contributed by atoms with Crippen LogP contribution in [0.1, 0.15) is 21.8 Å². The maximum Gasteiger partial charge on any atom is 0.202 e. The molecule has 0 aliphatic heterocycles. The molecule has 0 bridgehead atoms. The number of hydrogen-bond donors (Lipinski definition) is 2. The van der Waals surface area contributed by atoms with Crippen LogP contribution >= 0.6 is 0 Å². The number of fused-ring (bicyclic) bond motifs is 1. The second-order valence-electron chi connectivity index (χ2n) is 6.19. The van der Waals surface area contributed by atoms with Crippen molar-refractivity contribution >= 4 is 28.3 Å². The summed E-state index contributed by atoms with van der Waals surface area (Å²) >= 11 is 0. The monoisotopic (exact) mass is 358 g/mol. The number of anilines is 2. The first-order chi connectivity index (χ1) is 13.2. The Hall–Kier alpha value is -3.67. The zero-order chi connectivity index (χ0) is 18.6. The third-order valence-electron chi connectivity index (χ3n) is 4.24. The highest BCUT2D eigenvalue weighted by Crippen LogP contribution is 2.20. The quantitative estimate of drug-likeness (QED) is 0.509. The van der Waals surface area contributed by atoms with Gasteiger partial charge in [-0.15, -0.1) is 0 Å². The summed E-state index contributed by atoms with van der Waals surface area (Å²) in [5, 5.41) is 4.13. The lowest BCUT2D eigenvalue weighted by Gasteiger charge is -2.08. The van der Waals surface area contributed by atoms with E-state index in [2.05, 4.69) is 15.3 Å². The van der Waals surface area contributed by atoms with Crippen molar-refractivity contribution in [3.63, 3.8) is 0 Å². The van der Waals surface area contributed by atoms with Gasteiger partial charge in [-0.2, -0.15) is 0 Å². The van der Waals surface area contributed by atoms with Gasteiger partial charge in [-0.25, -0.2) is 4.98 Å². The molecule has 0 saturated carbocycles. The molecule has 0 spiro atoms. The van der Waals surface area contributed by atoms with Crippen molar-refractivity contribution in [2.24, 2.45) is 0 Å². The van der Waals surface area contributed by atoms with Crippen LogP contribution in [-0.2, 0) is 13.0 Å². The van der Waals surface area contributed by atoms with Crippen molar-refractivity contribution in [3.05, 3.63) is 84.0 Å². The molecule has 4 rings (SSSR count). The van der Waals surface area contributed by atoms with Gasteiger partial charge in [0.05, 0.1) is 17.9 Å². The summed E-state index contributed by atoms with van der Waals surface area (Å²) < 4.78 is 5.65. The maximum absolute atomic E-state index is 12.6. The van der Waals surface area contributed by atoms with E-state index in [1.165, 1.54) is 0 Å². The van der Waals surface area contributed by atoms with E-state index < -0.39 is 0 Å². The highest BCUT2D eigenvalue weighted by molar-refractivity contribution is 5.98. The highest BCUT2D eigenvalue weighted by Gasteiger charge is 2.13. The van der Waals surface area contributed by atoms with Gasteiger partial charge in [-0.05, 0) is 42.0 Å². The van der Waals surface area contributed by atoms with Crippen LogP contribution in [0.2, 0.25) is 0 Å². The normalized spacial score (nSPS) is 10.8. The van der Waals surface area contributed by atoms with E-state index in [-0.39, 0.29) is 12.2 Å². The van der Waals surface area contributed by atoms with Gasteiger partial charge in [0, 0.05) is 24.2 Å². The number of carbonyl (C=O) groups excluding carboxylic acids is 1. The number of para-hydroxylation sites is 1. The molecule has 0 atom stereocenters. The second kappa shape index (κ2) is 7.29. The number of nitrogens with two attached hydrogens (primary N) is 1. The molecule has 3 heterocycles. The van der Waals surface area contributed by atoms with E-state index in [1.807, 2.05) is 48.5 Å². The van der Waals surface area contributed by atoms with Gasteiger partial charge in [0.2, 0.25) is 5.78 Å². The Bertz CT molecular complexity index is 1070. The Labute approximate surface area is 156 Å². The number of nitrogen functional groups attached to an aromatic ring is 1. The summed E-state index contributed by atoms with van der Waals surface area (Å²) in [5.41, 5.74) is 8.99. The standard InChI is InChI=1S/C21H18N4O2/c22-21-17(5-3-8-24-21)25-13-16-10-14(7-9-23-16)11-18(26)20-12-15-4-1-2-6-19(15)27-20/h1-10,12,25H,11,13H2,(H2,22,24). The summed E-state index contributed by atoms with van der Waals surface area (Å²) in [6, 6.07) is 16.8. The van der Waals surface area contributed by atoms with E-state index in [9.17, 15) is 4.79 Å². The lowest BCUT2D eigenvalue weighted by molar-refractivity contribution is 0.0968. The van der Waals surface area contributed by atoms with Gasteiger partial charge in [-0.3, -0.25) is 9.78 Å². The van der Waals surface area contributed by atoms with E-state index in [0.717, 1.165) is 27.9 Å². The molecular formula is C21H18N4O2. The number of aromatic nitrogens is 2. The third kappa shape index (κ3) is 3.79. The van der Waals surface area contributed by atoms with Gasteiger partial charge < -0.3 is 15.5 Å². The molecular weight excluding hydrogens is 340 g/mol. The smallest absolute Gasteiger partial charge is 0.202 e. The zero-order valence-corrected chi connectivity index (χ0v) is 14.6. The zero-order valence-electron chi connectivity index (χ0n) is 14.6. The van der Waals surface area contributed by atoms with Crippen molar-refractivity contribution in [1.82, 2.24) is 9.97 Å². The van der Waals surface area contributed by atoms with Crippen LogP contribution < -0.4 is 11.1 Å². The predicted molar refractivity (Wildman–Crippen MR) is 104 cm³/mol. The van der Waals surface area contributed by atoms with E-state index in [0.29, 0.717) is 18.1 Å². The summed E-state index contributed by atoms with van der Waals surface area (Å²) in [6.45, 7) is 0.489. The van der Waals surface area contributed by atoms with Crippen molar-refractivity contribution < 1.29 is 9.21 Å². The van der Waals surface area contributed by atoms with Gasteiger partial charge >= 0.3 is 0 Å². The van der Waals surface area contributed by atoms with Gasteiger partial charge in [0.15, 0.2) is 5.76 Å². The minimum Gasteiger partial charge on any atom is -0.453 e. The van der Waals surface area contributed by atoms with Gasteiger partial charge in [0.25, 0.3) is 0 Å². The molecule has 0 unspecified atom stereocenters. The number of rotatable bonds is 6. The van der Waals surface area contributed by atoms with Crippen molar-refractivity contribution in [1.29, 1.82) is 0 Å². The van der Waals surface area contributed by atoms with Crippen LogP contribution in [0.4, 0.5) is 11.5 Å². The molecule has 3 N–H and O–H groups in total. The number of pyridine rings is 2. The highest BCUT2D eigenvalue weighted by atomic mass is 16.3. The van der Waals surface area contributed by atoms with Crippen LogP contribution in [0.5, 0.6) is 0 Å². The summed E-state index contributed by atoms with van der Waals surface area (Å²) in [4.78, 5) is 20.9. The number of ketones is 1. The SMILES string of the molecule is Nc1ncccc1NCc1cc(CC(=O)c2cc3ccccc3o2)ccn1. The Balaban J connectivity index is 1.45. The van der Waals surface area contributed by atoms with Crippen molar-refractivity contribution in [2.75, 3.05) is 11.1 Å². The van der Waals surface area contributed by atoms with Crippen LogP contribution in [0, 0.1) is 0 Å². The number of nitrogens with one attached hydrogen (secondary N) is 1. The van der Waals surface area contributed by atoms with Crippen molar-refractivity contribution in [2.45, 2.75) is 13.0 Å². The average molecular weight is 358 g/mol. The molecule has 0 radical (unpaired) electrons. The first kappa shape index (κ1) is 16.8. The predicted octanol–water partition coefficient (Wildman–Crippen LogP) is 3.84. The molecule has 6 heteroatoms. The Morgan fingerprint density at radius 3 is 2.78 bits per heavy atom. The molecule has 134 valence electrons. The van der Waals surface area contributed by atoms with Gasteiger partial charge in [0.1, 0.15) is 11.4 Å². The minimum absolute atomic E-state index is 0.0622. The number of furan rings is 1. The molecule has 0 fully saturated rings. The minimum atomic E-state index is -0.0622. The first-order valence-electron chi connectivity index (χ1n) is 8.59. The largest absolute Gasteiger partial charge is 0.453 e. The Kier molecular flexibility index (Phi) is 4.53. The van der Waals surface area contributed by atoms with E-state index in [1.54, 1.807) is 18.5 Å². The summed E-state index contributed by atoms with van der Waals surface area (Å²) in [5.74, 6) is 0.748. The van der Waals surface area contributed by atoms with E-state index >= 15 is 0 Å². The number of nitrogens with zero attached hydrogens (tertiary/aromatic N) is 2. The number of Topliss-reactive ketones (excluding diaryl/α,β-unsaturated/α-hetero) is 1. The van der Waals surface area contributed by atoms with E-state index in [4.69, 9.17) is 10.2 Å². The fraction of sp³-hybridized carbons (Fsp3) is 0.0952. The molecule has 0 saturated heterocycles. The Morgan fingerprint density at radius 1 is 1.04 bits per heavy atom. The van der Waals surface area contributed by atoms with Crippen molar-refractivity contribution in [3.8, 4) is 0 Å². The fourth-order valence-corrected chi connectivity index (χ4v) is 2.88. The first-order valence-corrected chi connectivity index (χ1v) is 8.59. The topological polar surface area (TPSA) is 94.0 Å². The molecule has 3 aromatic heterocycles. The van der Waals surface area contributed by atoms with Crippen LogP contribution in [0.15, 0.2) is 71.4 Å². The number of benzene rings is 1. The molecule has 0 amide bonds. The van der Waals surface area contributed by atoms with Crippen LogP contribution in [0.3, 0.4) is 0 Å². The lowest BCUT2D eigenvalue weighted by Crippen LogP contribution is -2.07. The molecule has 27 heavy (non-hydrogen) atoms. The van der Waals surface area contributed by atoms with Gasteiger partial charge in [-0.1, -0.05) is 18.2 Å². The number of carbonyl (C=O) groups is 1. The molecule has 0 aliphatic rings. The van der Waals surface area contributed by atoms with Crippen LogP contribution in [0.25, 0.3) is 11.0 Å². The third-order valence-corrected chi connectivity index (χ3v) is 4.24. The number of hydrogen-bond acceptors (Lipinski definition) is 6. The average Bonchev–Trinajstić information content (AvgIpc) is 3.12. The fourth-order valence-electron chi connectivity index (χ4n) is 2.88. The maximum atomic E-state index is 12.6. The lowest BCUT2D eigenvalue weighted by atomic mass is 10.1. The molecule has 1 aromatic carbocycles. The molecule has 4 aromatic rings. The second-order valence-corrected chi connectivity index (χ2v) is 6.19. The summed E-state index contributed by atoms with van der Waals surface area (Å²) in [6.07, 6.45) is 3.60.